The smallest absolute Gasteiger partial charge is 0.201 e. The van der Waals surface area contributed by atoms with E-state index < -0.39 is 44.9 Å². The summed E-state index contributed by atoms with van der Waals surface area (Å²) < 4.78 is 26.9. The highest BCUT2D eigenvalue weighted by molar-refractivity contribution is 6.77. The fourth-order valence-electron chi connectivity index (χ4n) is 6.80. The quantitative estimate of drug-likeness (QED) is 0.192. The molecule has 1 saturated carbocycles. The summed E-state index contributed by atoms with van der Waals surface area (Å²) in [5, 5.41) is 23.5. The van der Waals surface area contributed by atoms with Gasteiger partial charge in [-0.05, 0) is 33.3 Å². The van der Waals surface area contributed by atoms with Crippen LogP contribution in [0.2, 0.25) is 16.6 Å². The predicted octanol–water partition coefficient (Wildman–Crippen LogP) is 7.04. The second kappa shape index (κ2) is 15.6. The summed E-state index contributed by atoms with van der Waals surface area (Å²) >= 11 is 0. The van der Waals surface area contributed by atoms with E-state index in [1.165, 1.54) is 0 Å². The van der Waals surface area contributed by atoms with Crippen molar-refractivity contribution >= 4 is 8.32 Å². The molecule has 6 atom stereocenters. The van der Waals surface area contributed by atoms with Crippen LogP contribution in [0.25, 0.3) is 0 Å². The molecule has 0 aromatic heterocycles. The number of rotatable bonds is 14. The lowest BCUT2D eigenvalue weighted by atomic mass is 9.84. The molecule has 1 aliphatic rings. The van der Waals surface area contributed by atoms with Gasteiger partial charge >= 0.3 is 0 Å². The van der Waals surface area contributed by atoms with E-state index in [2.05, 4.69) is 41.5 Å². The molecule has 0 bridgehead atoms. The summed E-state index contributed by atoms with van der Waals surface area (Å²) in [6.45, 7) is 14.2. The van der Waals surface area contributed by atoms with Crippen LogP contribution in [0.3, 0.4) is 0 Å². The van der Waals surface area contributed by atoms with Gasteiger partial charge in [0.05, 0.1) is 19.8 Å². The Morgan fingerprint density at radius 3 is 1.14 bits per heavy atom. The second-order valence-corrected chi connectivity index (χ2v) is 18.1. The van der Waals surface area contributed by atoms with E-state index in [1.807, 2.05) is 91.0 Å². The minimum Gasteiger partial charge on any atom is -0.408 e. The summed E-state index contributed by atoms with van der Waals surface area (Å²) in [7, 11) is -2.49. The van der Waals surface area contributed by atoms with Gasteiger partial charge in [-0.2, -0.15) is 0 Å². The Kier molecular flexibility index (Phi) is 12.1. The zero-order chi connectivity index (χ0) is 31.0. The Morgan fingerprint density at radius 2 is 0.791 bits per heavy atom. The van der Waals surface area contributed by atoms with Gasteiger partial charge in [0.25, 0.3) is 0 Å². The minimum absolute atomic E-state index is 0.264. The first kappa shape index (κ1) is 33.5. The molecule has 2 unspecified atom stereocenters. The van der Waals surface area contributed by atoms with Crippen LogP contribution in [-0.2, 0) is 38.5 Å². The summed E-state index contributed by atoms with van der Waals surface area (Å²) in [6, 6.07) is 29.7. The van der Waals surface area contributed by atoms with Gasteiger partial charge in [-0.1, -0.05) is 133 Å². The van der Waals surface area contributed by atoms with Crippen LogP contribution in [0.1, 0.15) is 58.2 Å². The minimum atomic E-state index is -2.49. The van der Waals surface area contributed by atoms with E-state index in [9.17, 15) is 10.2 Å². The third-order valence-electron chi connectivity index (χ3n) is 8.90. The molecule has 234 valence electrons. The van der Waals surface area contributed by atoms with Gasteiger partial charge in [0.2, 0.25) is 8.32 Å². The number of hydrogen-bond donors (Lipinski definition) is 2. The Morgan fingerprint density at radius 1 is 0.488 bits per heavy atom. The molecule has 0 aliphatic heterocycles. The van der Waals surface area contributed by atoms with Gasteiger partial charge in [0.15, 0.2) is 0 Å². The summed E-state index contributed by atoms with van der Waals surface area (Å²) in [5.41, 5.74) is 3.81. The van der Waals surface area contributed by atoms with Crippen LogP contribution in [-0.4, -0.2) is 55.2 Å². The maximum Gasteiger partial charge on any atom is 0.201 e. The average Bonchev–Trinajstić information content (AvgIpc) is 3.00. The fraction of sp³-hybridized carbons (Fsp3) is 0.500. The third-order valence-corrected chi connectivity index (χ3v) is 15.0. The van der Waals surface area contributed by atoms with Crippen LogP contribution >= 0.6 is 0 Å². The standard InChI is InChI=1S/C36H50O6Si/c1-25(2)43(26(3)4,27(5)6)42-34-32(38)31(37)33(39-22-28-16-10-7-11-17-28)35(40-23-29-18-12-8-13-19-29)36(34)41-24-30-20-14-9-15-21-30/h7-21,25-27,31-38H,22-24H2,1-6H3/t31?,32?,33-,34-,35+,36+/m0/s1. The third kappa shape index (κ3) is 8.03. The zero-order valence-corrected chi connectivity index (χ0v) is 27.5. The van der Waals surface area contributed by atoms with Crippen molar-refractivity contribution in [3.8, 4) is 0 Å². The highest BCUT2D eigenvalue weighted by Crippen LogP contribution is 2.45. The van der Waals surface area contributed by atoms with Gasteiger partial charge in [-0.3, -0.25) is 0 Å². The highest BCUT2D eigenvalue weighted by Gasteiger charge is 2.57. The molecule has 0 saturated heterocycles. The normalized spacial score (nSPS) is 24.6. The van der Waals surface area contributed by atoms with E-state index >= 15 is 0 Å². The largest absolute Gasteiger partial charge is 0.408 e. The Bertz CT molecular complexity index is 1180. The number of hydrogen-bond acceptors (Lipinski definition) is 6. The van der Waals surface area contributed by atoms with E-state index in [1.54, 1.807) is 0 Å². The molecule has 4 rings (SSSR count). The lowest BCUT2D eigenvalue weighted by Gasteiger charge is -2.52. The van der Waals surface area contributed by atoms with E-state index in [0.717, 1.165) is 16.7 Å². The Labute approximate surface area is 259 Å². The number of benzene rings is 3. The van der Waals surface area contributed by atoms with Gasteiger partial charge < -0.3 is 28.8 Å². The molecule has 0 amide bonds. The number of aliphatic hydroxyl groups is 2. The molecule has 1 aliphatic carbocycles. The van der Waals surface area contributed by atoms with Crippen molar-refractivity contribution in [3.63, 3.8) is 0 Å². The summed E-state index contributed by atoms with van der Waals surface area (Å²) in [4.78, 5) is 0. The van der Waals surface area contributed by atoms with Crippen LogP contribution in [0.4, 0.5) is 0 Å². The van der Waals surface area contributed by atoms with Crippen LogP contribution < -0.4 is 0 Å². The van der Waals surface area contributed by atoms with Gasteiger partial charge in [-0.15, -0.1) is 0 Å². The lowest BCUT2D eigenvalue weighted by molar-refractivity contribution is -0.260. The van der Waals surface area contributed by atoms with Crippen LogP contribution in [0.15, 0.2) is 91.0 Å². The molecule has 3 aromatic carbocycles. The van der Waals surface area contributed by atoms with Gasteiger partial charge in [0, 0.05) is 0 Å². The first-order valence-electron chi connectivity index (χ1n) is 15.7. The van der Waals surface area contributed by atoms with Crippen molar-refractivity contribution in [2.24, 2.45) is 0 Å². The first-order chi connectivity index (χ1) is 20.6. The molecule has 43 heavy (non-hydrogen) atoms. The molecule has 1 fully saturated rings. The van der Waals surface area contributed by atoms with Gasteiger partial charge in [-0.25, -0.2) is 0 Å². The van der Waals surface area contributed by atoms with Crippen LogP contribution in [0, 0.1) is 0 Å². The molecule has 7 heteroatoms. The van der Waals surface area contributed by atoms with Crippen LogP contribution in [0.5, 0.6) is 0 Å². The van der Waals surface area contributed by atoms with Crippen molar-refractivity contribution in [3.05, 3.63) is 108 Å². The van der Waals surface area contributed by atoms with E-state index in [4.69, 9.17) is 18.6 Å². The van der Waals surface area contributed by atoms with Crippen molar-refractivity contribution in [1.82, 2.24) is 0 Å². The van der Waals surface area contributed by atoms with Crippen molar-refractivity contribution in [1.29, 1.82) is 0 Å². The number of aliphatic hydroxyl groups excluding tert-OH is 2. The fourth-order valence-corrected chi connectivity index (χ4v) is 12.4. The maximum absolute atomic E-state index is 11.8. The summed E-state index contributed by atoms with van der Waals surface area (Å²) in [5.74, 6) is 0. The van der Waals surface area contributed by atoms with Crippen molar-refractivity contribution < 1.29 is 28.8 Å². The maximum atomic E-state index is 11.8. The van der Waals surface area contributed by atoms with E-state index in [-0.39, 0.29) is 23.2 Å². The second-order valence-electron chi connectivity index (χ2n) is 12.7. The molecule has 2 N–H and O–H groups in total. The zero-order valence-electron chi connectivity index (χ0n) is 26.5. The van der Waals surface area contributed by atoms with Crippen molar-refractivity contribution in [2.75, 3.05) is 0 Å². The Hall–Kier alpha value is -2.36. The van der Waals surface area contributed by atoms with Crippen molar-refractivity contribution in [2.45, 2.75) is 115 Å². The molecule has 0 heterocycles. The molecule has 3 aromatic rings. The highest BCUT2D eigenvalue weighted by atomic mass is 28.4. The summed E-state index contributed by atoms with van der Waals surface area (Å²) in [6.07, 6.45) is -5.48. The molecule has 0 spiro atoms. The SMILES string of the molecule is CC(C)[Si](O[C@H]1C(O)C(O)[C@H](OCc2ccccc2)[C@@H](OCc2ccccc2)[C@@H]1OCc1ccccc1)(C(C)C)C(C)C. The molecular weight excluding hydrogens is 556 g/mol. The topological polar surface area (TPSA) is 77.4 Å². The predicted molar refractivity (Wildman–Crippen MR) is 173 cm³/mol. The lowest BCUT2D eigenvalue weighted by Crippen LogP contribution is -2.68. The van der Waals surface area contributed by atoms with Gasteiger partial charge in [0.1, 0.15) is 36.6 Å². The first-order valence-corrected chi connectivity index (χ1v) is 17.8. The monoisotopic (exact) mass is 606 g/mol. The Balaban J connectivity index is 1.73. The van der Waals surface area contributed by atoms with E-state index in [0.29, 0.717) is 13.2 Å². The average molecular weight is 607 g/mol. The molecular formula is C36H50O6Si. The molecule has 0 radical (unpaired) electrons. The number of ether oxygens (including phenoxy) is 3. The molecule has 6 nitrogen and oxygen atoms in total.